The monoisotopic (exact) mass is 517 g/mol. The van der Waals surface area contributed by atoms with Crippen LogP contribution in [0.25, 0.3) is 16.6 Å². The molecule has 0 atom stereocenters. The Kier molecular flexibility index (Phi) is 6.43. The summed E-state index contributed by atoms with van der Waals surface area (Å²) in [5.74, 6) is -0.769. The molecule has 0 saturated heterocycles. The number of imidazole rings is 1. The van der Waals surface area contributed by atoms with Gasteiger partial charge in [-0.25, -0.2) is 9.78 Å². The second kappa shape index (κ2) is 9.32. The number of benzene rings is 1. The molecule has 0 aliphatic heterocycles. The van der Waals surface area contributed by atoms with E-state index in [4.69, 9.17) is 27.7 Å². The molecular weight excluding hydrogens is 503 g/mol. The number of aromatic carboxylic acids is 1. The predicted molar refractivity (Wildman–Crippen MR) is 127 cm³/mol. The van der Waals surface area contributed by atoms with Crippen LogP contribution in [0.15, 0.2) is 54.0 Å². The summed E-state index contributed by atoms with van der Waals surface area (Å²) in [4.78, 5) is 18.7. The molecule has 0 aliphatic rings. The molecule has 1 aromatic carbocycles. The number of pyridine rings is 1. The summed E-state index contributed by atoms with van der Waals surface area (Å²) < 4.78 is 39.2. The number of para-hydroxylation sites is 1. The Labute approximate surface area is 204 Å². The molecule has 12 heteroatoms. The number of nitrogens with zero attached hydrogens (tertiary/aromatic N) is 3. The lowest BCUT2D eigenvalue weighted by Crippen LogP contribution is -2.08. The summed E-state index contributed by atoms with van der Waals surface area (Å²) in [5, 5.41) is 20.3. The number of halogens is 4. The largest absolute Gasteiger partial charge is 0.476 e. The number of thiophene rings is 1. The van der Waals surface area contributed by atoms with Gasteiger partial charge < -0.3 is 15.8 Å². The van der Waals surface area contributed by atoms with Gasteiger partial charge >= 0.3 is 12.1 Å². The number of nitrogen functional groups attached to an aromatic ring is 1. The molecule has 5 rings (SSSR count). The van der Waals surface area contributed by atoms with Crippen molar-refractivity contribution < 1.29 is 23.1 Å². The van der Waals surface area contributed by atoms with Crippen LogP contribution >= 0.6 is 22.9 Å². The van der Waals surface area contributed by atoms with Crippen molar-refractivity contribution in [1.82, 2.24) is 14.4 Å². The number of nitrogens with one attached hydrogen (secondary N) is 1. The van der Waals surface area contributed by atoms with Crippen molar-refractivity contribution in [2.75, 3.05) is 5.73 Å². The normalized spacial score (nSPS) is 11.3. The standard InChI is InChI=1S/C13H12N2S.C10H3ClF3N3O2/c14-13-11(8-9-4-3-7-16-9)10-5-1-2-6-12(10)15-13;11-7-6(9(18)19)16-8-5(10(12,13)14)1-4(2-15)3-17(7)8/h1-7,15H,8,14H2;1,3H,(H,18,19). The molecule has 35 heavy (non-hydrogen) atoms. The van der Waals surface area contributed by atoms with Crippen LogP contribution in [0.5, 0.6) is 0 Å². The molecule has 0 aliphatic carbocycles. The van der Waals surface area contributed by atoms with E-state index in [1.54, 1.807) is 17.4 Å². The average molecular weight is 518 g/mol. The van der Waals surface area contributed by atoms with E-state index in [0.717, 1.165) is 28.4 Å². The maximum absolute atomic E-state index is 12.8. The minimum Gasteiger partial charge on any atom is -0.476 e. The molecule has 7 nitrogen and oxygen atoms in total. The number of aromatic amines is 1. The van der Waals surface area contributed by atoms with Gasteiger partial charge in [-0.15, -0.1) is 11.3 Å². The highest BCUT2D eigenvalue weighted by molar-refractivity contribution is 7.09. The quantitative estimate of drug-likeness (QED) is 0.272. The van der Waals surface area contributed by atoms with Gasteiger partial charge in [0.1, 0.15) is 22.6 Å². The molecule has 178 valence electrons. The zero-order valence-corrected chi connectivity index (χ0v) is 19.2. The molecule has 0 bridgehead atoms. The van der Waals surface area contributed by atoms with Crippen LogP contribution in [-0.2, 0) is 12.6 Å². The number of fused-ring (bicyclic) bond motifs is 2. The molecule has 4 heterocycles. The number of nitriles is 1. The van der Waals surface area contributed by atoms with Crippen LogP contribution in [0.2, 0.25) is 5.15 Å². The first-order valence-electron chi connectivity index (χ1n) is 9.89. The van der Waals surface area contributed by atoms with Crippen molar-refractivity contribution in [3.63, 3.8) is 0 Å². The smallest absolute Gasteiger partial charge is 0.420 e. The highest BCUT2D eigenvalue weighted by Crippen LogP contribution is 2.34. The van der Waals surface area contributed by atoms with E-state index >= 15 is 0 Å². The van der Waals surface area contributed by atoms with Crippen molar-refractivity contribution in [2.45, 2.75) is 12.6 Å². The second-order valence-corrected chi connectivity index (χ2v) is 8.71. The van der Waals surface area contributed by atoms with E-state index in [1.165, 1.54) is 15.8 Å². The fourth-order valence-electron chi connectivity index (χ4n) is 3.52. The van der Waals surface area contributed by atoms with Crippen molar-refractivity contribution in [3.05, 3.63) is 86.5 Å². The number of anilines is 1. The van der Waals surface area contributed by atoms with Gasteiger partial charge in [-0.1, -0.05) is 35.9 Å². The molecule has 0 saturated carbocycles. The van der Waals surface area contributed by atoms with Crippen LogP contribution in [0, 0.1) is 11.3 Å². The highest BCUT2D eigenvalue weighted by Gasteiger charge is 2.36. The third-order valence-electron chi connectivity index (χ3n) is 5.08. The van der Waals surface area contributed by atoms with Gasteiger partial charge in [0.05, 0.1) is 5.56 Å². The molecule has 0 spiro atoms. The van der Waals surface area contributed by atoms with E-state index in [9.17, 15) is 18.0 Å². The van der Waals surface area contributed by atoms with Gasteiger partial charge in [0.2, 0.25) is 0 Å². The number of alkyl halides is 3. The van der Waals surface area contributed by atoms with Gasteiger partial charge in [-0.3, -0.25) is 4.40 Å². The molecule has 0 fully saturated rings. The van der Waals surface area contributed by atoms with Gasteiger partial charge in [0.25, 0.3) is 0 Å². The first kappa shape index (κ1) is 24.1. The van der Waals surface area contributed by atoms with E-state index in [-0.39, 0.29) is 5.56 Å². The van der Waals surface area contributed by atoms with E-state index < -0.39 is 34.2 Å². The molecular formula is C23H15ClF3N5O2S. The van der Waals surface area contributed by atoms with Crippen molar-refractivity contribution in [1.29, 1.82) is 5.26 Å². The minimum atomic E-state index is -4.78. The lowest BCUT2D eigenvalue weighted by atomic mass is 10.1. The van der Waals surface area contributed by atoms with Crippen LogP contribution in [0.3, 0.4) is 0 Å². The van der Waals surface area contributed by atoms with Crippen molar-refractivity contribution >= 4 is 51.3 Å². The molecule has 4 N–H and O–H groups in total. The summed E-state index contributed by atoms with van der Waals surface area (Å²) in [7, 11) is 0. The number of hydrogen-bond donors (Lipinski definition) is 3. The van der Waals surface area contributed by atoms with Gasteiger partial charge in [-0.05, 0) is 23.6 Å². The Balaban J connectivity index is 0.000000167. The minimum absolute atomic E-state index is 0.309. The fourth-order valence-corrected chi connectivity index (χ4v) is 4.49. The third kappa shape index (κ3) is 4.80. The molecule has 0 radical (unpaired) electrons. The Morgan fingerprint density at radius 2 is 2.03 bits per heavy atom. The van der Waals surface area contributed by atoms with Crippen LogP contribution < -0.4 is 5.73 Å². The summed E-state index contributed by atoms with van der Waals surface area (Å²) in [6, 6.07) is 14.6. The van der Waals surface area contributed by atoms with Gasteiger partial charge in [0.15, 0.2) is 11.3 Å². The van der Waals surface area contributed by atoms with Crippen LogP contribution in [0.4, 0.5) is 19.0 Å². The maximum Gasteiger partial charge on any atom is 0.420 e. The van der Waals surface area contributed by atoms with Crippen LogP contribution in [-0.4, -0.2) is 25.4 Å². The number of nitrogens with two attached hydrogens (primary N) is 1. The maximum atomic E-state index is 12.8. The fraction of sp³-hybridized carbons (Fsp3) is 0.0870. The Morgan fingerprint density at radius 1 is 1.29 bits per heavy atom. The Morgan fingerprint density at radius 3 is 2.66 bits per heavy atom. The first-order chi connectivity index (χ1) is 16.6. The van der Waals surface area contributed by atoms with Crippen LogP contribution in [0.1, 0.15) is 32.1 Å². The van der Waals surface area contributed by atoms with Crippen molar-refractivity contribution in [2.24, 2.45) is 0 Å². The lowest BCUT2D eigenvalue weighted by Gasteiger charge is -2.08. The van der Waals surface area contributed by atoms with Crippen molar-refractivity contribution in [3.8, 4) is 6.07 Å². The molecule has 0 amide bonds. The zero-order chi connectivity index (χ0) is 25.3. The average Bonchev–Trinajstić information content (AvgIpc) is 3.52. The number of carbonyl (C=O) groups is 1. The lowest BCUT2D eigenvalue weighted by molar-refractivity contribution is -0.136. The number of H-pyrrole nitrogens is 1. The SMILES string of the molecule is N#Cc1cc(C(F)(F)F)c2nc(C(=O)O)c(Cl)n2c1.Nc1[nH]c2ccccc2c1Cc1cccs1. The number of hydrogen-bond acceptors (Lipinski definition) is 5. The zero-order valence-electron chi connectivity index (χ0n) is 17.6. The summed E-state index contributed by atoms with van der Waals surface area (Å²) in [5.41, 5.74) is 5.45. The van der Waals surface area contributed by atoms with E-state index in [2.05, 4.69) is 39.6 Å². The predicted octanol–water partition coefficient (Wildman–Crippen LogP) is 5.98. The van der Waals surface area contributed by atoms with E-state index in [1.807, 2.05) is 12.1 Å². The number of rotatable bonds is 3. The summed E-state index contributed by atoms with van der Waals surface area (Å²) >= 11 is 7.41. The van der Waals surface area contributed by atoms with Gasteiger partial charge in [0, 0.05) is 34.0 Å². The third-order valence-corrected chi connectivity index (χ3v) is 6.31. The molecule has 0 unspecified atom stereocenters. The number of carboxylic acid groups (broad SMARTS) is 1. The Bertz CT molecular complexity index is 1580. The first-order valence-corrected chi connectivity index (χ1v) is 11.2. The number of aromatic nitrogens is 3. The second-order valence-electron chi connectivity index (χ2n) is 7.32. The Hall–Kier alpha value is -4.01. The topological polar surface area (TPSA) is 120 Å². The molecule has 5 aromatic rings. The summed E-state index contributed by atoms with van der Waals surface area (Å²) in [6.45, 7) is 0. The van der Waals surface area contributed by atoms with E-state index in [0.29, 0.717) is 6.07 Å². The summed E-state index contributed by atoms with van der Waals surface area (Å²) in [6.07, 6.45) is -2.88. The highest BCUT2D eigenvalue weighted by atomic mass is 35.5. The van der Waals surface area contributed by atoms with Gasteiger partial charge in [-0.2, -0.15) is 18.4 Å². The molecule has 4 aromatic heterocycles. The number of carboxylic acids is 1.